The molecule has 2 aromatic rings. The molecule has 6 N–H and O–H groups in total. The number of hydrogen-bond donors (Lipinski definition) is 3. The average molecular weight is 574 g/mol. The summed E-state index contributed by atoms with van der Waals surface area (Å²) in [5.41, 5.74) is 19.6. The number of nitrogens with zero attached hydrogens (tertiary/aromatic N) is 2. The highest BCUT2D eigenvalue weighted by Gasteiger charge is 2.15. The van der Waals surface area contributed by atoms with E-state index in [2.05, 4.69) is 41.1 Å². The van der Waals surface area contributed by atoms with E-state index in [1.54, 1.807) is 18.4 Å². The van der Waals surface area contributed by atoms with Crippen LogP contribution in [-0.2, 0) is 12.2 Å². The highest BCUT2D eigenvalue weighted by atomic mass is 127. The van der Waals surface area contributed by atoms with Crippen LogP contribution in [0.4, 0.5) is 0 Å². The third-order valence-electron chi connectivity index (χ3n) is 3.93. The minimum atomic E-state index is 0.225. The second kappa shape index (κ2) is 12.8. The molecule has 0 saturated carbocycles. The fourth-order valence-corrected chi connectivity index (χ4v) is 4.82. The summed E-state index contributed by atoms with van der Waals surface area (Å²) in [6.07, 6.45) is 3.45. The maximum Gasteiger partial charge on any atom is 0.161 e. The number of hydrogen-bond acceptors (Lipinski definition) is 8. The maximum absolute atomic E-state index is 6.00. The first kappa shape index (κ1) is 25.3. The van der Waals surface area contributed by atoms with Gasteiger partial charge in [-0.3, -0.25) is 0 Å². The van der Waals surface area contributed by atoms with Crippen molar-refractivity contribution in [2.45, 2.75) is 25.5 Å². The number of thiazole rings is 1. The van der Waals surface area contributed by atoms with Crippen LogP contribution < -0.4 is 26.7 Å². The molecule has 0 atom stereocenters. The van der Waals surface area contributed by atoms with Crippen LogP contribution in [-0.4, -0.2) is 28.3 Å². The lowest BCUT2D eigenvalue weighted by molar-refractivity contribution is 0.315. The summed E-state index contributed by atoms with van der Waals surface area (Å²) in [5, 5.41) is 1.29. The quantitative estimate of drug-likeness (QED) is 0.120. The van der Waals surface area contributed by atoms with Gasteiger partial charge in [-0.05, 0) is 24.6 Å². The fourth-order valence-electron chi connectivity index (χ4n) is 2.64. The largest absolute Gasteiger partial charge is 0.493 e. The van der Waals surface area contributed by atoms with Gasteiger partial charge >= 0.3 is 0 Å². The molecule has 0 aliphatic heterocycles. The van der Waals surface area contributed by atoms with Gasteiger partial charge in [0.2, 0.25) is 0 Å². The Morgan fingerprint density at radius 3 is 2.74 bits per heavy atom. The van der Waals surface area contributed by atoms with E-state index in [1.807, 2.05) is 18.2 Å². The normalized spacial score (nSPS) is 12.1. The van der Waals surface area contributed by atoms with Gasteiger partial charge in [-0.15, -0.1) is 11.3 Å². The molecule has 0 amide bonds. The zero-order valence-corrected chi connectivity index (χ0v) is 21.5. The van der Waals surface area contributed by atoms with Crippen LogP contribution in [0.5, 0.6) is 11.5 Å². The predicted octanol–water partition coefficient (Wildman–Crippen LogP) is 4.41. The van der Waals surface area contributed by atoms with Crippen LogP contribution in [0.15, 0.2) is 47.4 Å². The van der Waals surface area contributed by atoms with Crippen LogP contribution in [0.1, 0.15) is 23.9 Å². The Bertz CT molecular complexity index is 959. The molecule has 0 fully saturated rings. The average Bonchev–Trinajstić information content (AvgIpc) is 3.13. The van der Waals surface area contributed by atoms with Gasteiger partial charge < -0.3 is 26.7 Å². The van der Waals surface area contributed by atoms with Crippen molar-refractivity contribution in [3.63, 3.8) is 0 Å². The standard InChI is InChI=1S/C21H28IN5O2S2/c1-4-5-18-15(12-30-21(25)27-19(24)10-13(2)23)26-20(31-18)14-6-7-16(28-3)17(11-14)29-9-8-22/h6-7,10-11H,2,4-5,8-9,12,23-24H2,1,3H3,(H2,25,27)/b19-10-. The van der Waals surface area contributed by atoms with Gasteiger partial charge in [0.05, 0.1) is 19.4 Å². The lowest BCUT2D eigenvalue weighted by atomic mass is 10.2. The summed E-state index contributed by atoms with van der Waals surface area (Å²) in [6.45, 7) is 6.35. The molecule has 0 saturated heterocycles. The Kier molecular flexibility index (Phi) is 10.5. The van der Waals surface area contributed by atoms with E-state index < -0.39 is 0 Å². The molecular formula is C21H28IN5O2S2. The first-order valence-corrected chi connectivity index (χ1v) is 12.9. The summed E-state index contributed by atoms with van der Waals surface area (Å²) >= 11 is 5.36. The Hall–Kier alpha value is -1.92. The number of alkyl halides is 1. The van der Waals surface area contributed by atoms with E-state index in [9.17, 15) is 0 Å². The Morgan fingerprint density at radius 2 is 2.10 bits per heavy atom. The third-order valence-corrected chi connectivity index (χ3v) is 6.38. The van der Waals surface area contributed by atoms with Crippen molar-refractivity contribution < 1.29 is 9.47 Å². The lowest BCUT2D eigenvalue weighted by Gasteiger charge is -2.10. The zero-order chi connectivity index (χ0) is 22.8. The fraction of sp³-hybridized carbons (Fsp3) is 0.333. The molecule has 1 aromatic carbocycles. The summed E-state index contributed by atoms with van der Waals surface area (Å²) in [6, 6.07) is 5.90. The molecule has 10 heteroatoms. The molecule has 7 nitrogen and oxygen atoms in total. The van der Waals surface area contributed by atoms with Crippen LogP contribution in [0.25, 0.3) is 10.6 Å². The van der Waals surface area contributed by atoms with Crippen molar-refractivity contribution in [2.24, 2.45) is 22.2 Å². The molecule has 0 aliphatic rings. The molecule has 0 radical (unpaired) electrons. The monoisotopic (exact) mass is 573 g/mol. The number of nitrogens with two attached hydrogens (primary N) is 3. The van der Waals surface area contributed by atoms with Crippen LogP contribution in [0, 0.1) is 0 Å². The Morgan fingerprint density at radius 1 is 1.32 bits per heavy atom. The number of aryl methyl sites for hydroxylation is 1. The van der Waals surface area contributed by atoms with E-state index in [0.29, 0.717) is 29.0 Å². The van der Waals surface area contributed by atoms with E-state index >= 15 is 0 Å². The number of allylic oxidation sites excluding steroid dienone is 1. The van der Waals surface area contributed by atoms with Gasteiger partial charge in [0.1, 0.15) is 10.8 Å². The third kappa shape index (κ3) is 7.93. The van der Waals surface area contributed by atoms with E-state index in [1.165, 1.54) is 22.7 Å². The number of methoxy groups -OCH3 is 1. The maximum atomic E-state index is 6.00. The van der Waals surface area contributed by atoms with Gasteiger partial charge in [0.15, 0.2) is 16.7 Å². The summed E-state index contributed by atoms with van der Waals surface area (Å²) in [7, 11) is 1.64. The number of thioether (sulfide) groups is 1. The Labute approximate surface area is 205 Å². The topological polar surface area (TPSA) is 122 Å². The number of halogens is 1. The van der Waals surface area contributed by atoms with Crippen molar-refractivity contribution in [1.29, 1.82) is 0 Å². The molecule has 1 aromatic heterocycles. The lowest BCUT2D eigenvalue weighted by Crippen LogP contribution is -2.10. The van der Waals surface area contributed by atoms with Gasteiger partial charge in [-0.25, -0.2) is 9.98 Å². The van der Waals surface area contributed by atoms with E-state index in [-0.39, 0.29) is 5.82 Å². The summed E-state index contributed by atoms with van der Waals surface area (Å²) in [5.74, 6) is 2.26. The van der Waals surface area contributed by atoms with Crippen LogP contribution in [0.3, 0.4) is 0 Å². The SMILES string of the molecule is C=C(N)/C=C(N)\N=C(/N)SCc1nc(-c2ccc(OC)c(OCCI)c2)sc1CCC. The number of benzene rings is 1. The van der Waals surface area contributed by atoms with E-state index in [0.717, 1.165) is 39.3 Å². The zero-order valence-electron chi connectivity index (χ0n) is 17.7. The minimum absolute atomic E-state index is 0.225. The molecule has 0 aliphatic carbocycles. The molecule has 0 spiro atoms. The smallest absolute Gasteiger partial charge is 0.161 e. The highest BCUT2D eigenvalue weighted by Crippen LogP contribution is 2.36. The first-order chi connectivity index (χ1) is 14.9. The molecular weight excluding hydrogens is 545 g/mol. The number of amidine groups is 1. The number of rotatable bonds is 11. The van der Waals surface area contributed by atoms with Gasteiger partial charge in [0, 0.05) is 32.4 Å². The van der Waals surface area contributed by atoms with Gasteiger partial charge in [0.25, 0.3) is 0 Å². The number of aromatic nitrogens is 1. The number of aliphatic imine (C=N–C) groups is 1. The molecule has 0 unspecified atom stereocenters. The molecule has 168 valence electrons. The van der Waals surface area contributed by atoms with Gasteiger partial charge in [-0.2, -0.15) is 0 Å². The van der Waals surface area contributed by atoms with Crippen molar-refractivity contribution in [3.05, 3.63) is 52.9 Å². The second-order valence-corrected chi connectivity index (χ2v) is 9.58. The first-order valence-electron chi connectivity index (χ1n) is 9.62. The molecule has 2 rings (SSSR count). The van der Waals surface area contributed by atoms with Crippen molar-refractivity contribution in [3.8, 4) is 22.1 Å². The predicted molar refractivity (Wildman–Crippen MR) is 141 cm³/mol. The molecule has 1 heterocycles. The Balaban J connectivity index is 2.25. The van der Waals surface area contributed by atoms with Crippen molar-refractivity contribution >= 4 is 50.9 Å². The molecule has 31 heavy (non-hydrogen) atoms. The minimum Gasteiger partial charge on any atom is -0.493 e. The van der Waals surface area contributed by atoms with Crippen LogP contribution >= 0.6 is 45.7 Å². The van der Waals surface area contributed by atoms with Crippen molar-refractivity contribution in [1.82, 2.24) is 4.98 Å². The van der Waals surface area contributed by atoms with Crippen molar-refractivity contribution in [2.75, 3.05) is 18.1 Å². The van der Waals surface area contributed by atoms with Crippen LogP contribution in [0.2, 0.25) is 0 Å². The summed E-state index contributed by atoms with van der Waals surface area (Å²) < 4.78 is 12.2. The van der Waals surface area contributed by atoms with Gasteiger partial charge in [-0.1, -0.05) is 54.3 Å². The highest BCUT2D eigenvalue weighted by molar-refractivity contribution is 14.1. The molecule has 0 bridgehead atoms. The van der Waals surface area contributed by atoms with E-state index in [4.69, 9.17) is 31.7 Å². The summed E-state index contributed by atoms with van der Waals surface area (Å²) in [4.78, 5) is 10.3. The second-order valence-electron chi connectivity index (χ2n) is 6.42. The number of ether oxygens (including phenoxy) is 2.